The topological polar surface area (TPSA) is 56.3 Å². The molecule has 1 aromatic carbocycles. The van der Waals surface area contributed by atoms with Gasteiger partial charge in [0, 0.05) is 32.2 Å². The predicted octanol–water partition coefficient (Wildman–Crippen LogP) is 0.826. The molecule has 1 heterocycles. The molecule has 1 saturated heterocycles. The van der Waals surface area contributed by atoms with Gasteiger partial charge in [0.1, 0.15) is 6.04 Å². The summed E-state index contributed by atoms with van der Waals surface area (Å²) in [6, 6.07) is 12.5. The SMILES string of the molecule is CN1CCN(CC(N)C#N)C(c2ccccc2)C1. The predicted molar refractivity (Wildman–Crippen MR) is 71.8 cm³/mol. The molecule has 1 aliphatic rings. The first-order chi connectivity index (χ1) is 8.70. The molecule has 0 bridgehead atoms. The Bertz CT molecular complexity index is 412. The van der Waals surface area contributed by atoms with E-state index in [1.165, 1.54) is 5.56 Å². The number of nitrogens with two attached hydrogens (primary N) is 1. The van der Waals surface area contributed by atoms with Gasteiger partial charge in [-0.15, -0.1) is 0 Å². The monoisotopic (exact) mass is 244 g/mol. The van der Waals surface area contributed by atoms with Crippen molar-refractivity contribution in [2.24, 2.45) is 5.73 Å². The van der Waals surface area contributed by atoms with Crippen LogP contribution in [0.3, 0.4) is 0 Å². The van der Waals surface area contributed by atoms with E-state index in [1.54, 1.807) is 0 Å². The highest BCUT2D eigenvalue weighted by Gasteiger charge is 2.27. The van der Waals surface area contributed by atoms with Gasteiger partial charge < -0.3 is 10.6 Å². The third-order valence-corrected chi connectivity index (χ3v) is 3.48. The number of nitriles is 1. The largest absolute Gasteiger partial charge is 0.315 e. The van der Waals surface area contributed by atoms with Gasteiger partial charge >= 0.3 is 0 Å². The minimum Gasteiger partial charge on any atom is -0.315 e. The van der Waals surface area contributed by atoms with Crippen molar-refractivity contribution in [1.29, 1.82) is 5.26 Å². The van der Waals surface area contributed by atoms with Gasteiger partial charge in [-0.3, -0.25) is 4.90 Å². The second-order valence-electron chi connectivity index (χ2n) is 4.92. The zero-order valence-electron chi connectivity index (χ0n) is 10.8. The van der Waals surface area contributed by atoms with Crippen molar-refractivity contribution < 1.29 is 0 Å². The van der Waals surface area contributed by atoms with E-state index in [-0.39, 0.29) is 0 Å². The fraction of sp³-hybridized carbons (Fsp3) is 0.500. The van der Waals surface area contributed by atoms with Gasteiger partial charge in [0.15, 0.2) is 0 Å². The van der Waals surface area contributed by atoms with Crippen molar-refractivity contribution >= 4 is 0 Å². The van der Waals surface area contributed by atoms with Gasteiger partial charge in [-0.1, -0.05) is 30.3 Å². The molecule has 1 fully saturated rings. The van der Waals surface area contributed by atoms with Gasteiger partial charge in [-0.25, -0.2) is 0 Å². The Labute approximate surface area is 109 Å². The maximum absolute atomic E-state index is 8.86. The Morgan fingerprint density at radius 2 is 2.11 bits per heavy atom. The number of rotatable bonds is 3. The van der Waals surface area contributed by atoms with Crippen LogP contribution in [0.1, 0.15) is 11.6 Å². The van der Waals surface area contributed by atoms with Crippen molar-refractivity contribution in [2.45, 2.75) is 12.1 Å². The maximum atomic E-state index is 8.86. The molecule has 0 radical (unpaired) electrons. The van der Waals surface area contributed by atoms with Crippen LogP contribution in [0, 0.1) is 11.3 Å². The third-order valence-electron chi connectivity index (χ3n) is 3.48. The van der Waals surface area contributed by atoms with Crippen molar-refractivity contribution in [3.05, 3.63) is 35.9 Å². The lowest BCUT2D eigenvalue weighted by molar-refractivity contribution is 0.0884. The van der Waals surface area contributed by atoms with Crippen LogP contribution in [0.25, 0.3) is 0 Å². The first kappa shape index (κ1) is 13.0. The average Bonchev–Trinajstić information content (AvgIpc) is 2.41. The van der Waals surface area contributed by atoms with E-state index in [0.717, 1.165) is 19.6 Å². The molecule has 4 nitrogen and oxygen atoms in total. The minimum absolute atomic E-state index is 0.337. The van der Waals surface area contributed by atoms with E-state index in [4.69, 9.17) is 11.0 Å². The van der Waals surface area contributed by atoms with Gasteiger partial charge in [-0.2, -0.15) is 5.26 Å². The Hall–Kier alpha value is -1.41. The smallest absolute Gasteiger partial charge is 0.106 e. The van der Waals surface area contributed by atoms with E-state index in [1.807, 2.05) is 6.07 Å². The van der Waals surface area contributed by atoms with Crippen LogP contribution in [0.5, 0.6) is 0 Å². The zero-order valence-corrected chi connectivity index (χ0v) is 10.8. The molecule has 4 heteroatoms. The standard InChI is InChI=1S/C14H20N4/c1-17-7-8-18(10-13(16)9-15)14(11-17)12-5-3-2-4-6-12/h2-6,13-14H,7-8,10-11,16H2,1H3. The molecule has 0 amide bonds. The molecule has 0 aromatic heterocycles. The summed E-state index contributed by atoms with van der Waals surface area (Å²) in [6.45, 7) is 3.62. The highest BCUT2D eigenvalue weighted by Crippen LogP contribution is 2.24. The molecule has 1 aromatic rings. The lowest BCUT2D eigenvalue weighted by Gasteiger charge is -2.40. The summed E-state index contributed by atoms with van der Waals surface area (Å²) in [5.41, 5.74) is 7.06. The van der Waals surface area contributed by atoms with Crippen LogP contribution < -0.4 is 5.73 Å². The van der Waals surface area contributed by atoms with Crippen LogP contribution in [0.2, 0.25) is 0 Å². The number of benzene rings is 1. The Morgan fingerprint density at radius 1 is 1.39 bits per heavy atom. The fourth-order valence-corrected chi connectivity index (χ4v) is 2.46. The number of likely N-dealkylation sites (N-methyl/N-ethyl adjacent to an activating group) is 1. The normalized spacial score (nSPS) is 23.5. The highest BCUT2D eigenvalue weighted by atomic mass is 15.3. The molecule has 96 valence electrons. The third kappa shape index (κ3) is 3.08. The first-order valence-corrected chi connectivity index (χ1v) is 6.33. The number of piperazine rings is 1. The van der Waals surface area contributed by atoms with Crippen LogP contribution in [-0.4, -0.2) is 49.1 Å². The Morgan fingerprint density at radius 3 is 2.78 bits per heavy atom. The molecular formula is C14H20N4. The van der Waals surface area contributed by atoms with E-state index < -0.39 is 6.04 Å². The molecule has 2 N–H and O–H groups in total. The molecule has 2 atom stereocenters. The number of hydrogen-bond donors (Lipinski definition) is 1. The van der Waals surface area contributed by atoms with Gasteiger partial charge in [0.25, 0.3) is 0 Å². The van der Waals surface area contributed by atoms with Crippen molar-refractivity contribution in [3.8, 4) is 6.07 Å². The second kappa shape index (κ2) is 5.96. The molecule has 18 heavy (non-hydrogen) atoms. The van der Waals surface area contributed by atoms with Gasteiger partial charge in [0.2, 0.25) is 0 Å². The maximum Gasteiger partial charge on any atom is 0.106 e. The highest BCUT2D eigenvalue weighted by molar-refractivity contribution is 5.20. The molecule has 0 spiro atoms. The average molecular weight is 244 g/mol. The first-order valence-electron chi connectivity index (χ1n) is 6.33. The number of hydrogen-bond acceptors (Lipinski definition) is 4. The quantitative estimate of drug-likeness (QED) is 0.855. The van der Waals surface area contributed by atoms with E-state index in [2.05, 4.69) is 47.2 Å². The molecule has 2 rings (SSSR count). The Balaban J connectivity index is 2.14. The van der Waals surface area contributed by atoms with E-state index >= 15 is 0 Å². The summed E-state index contributed by atoms with van der Waals surface area (Å²) in [4.78, 5) is 4.65. The number of nitrogens with zero attached hydrogens (tertiary/aromatic N) is 3. The van der Waals surface area contributed by atoms with Crippen LogP contribution in [0.4, 0.5) is 0 Å². The Kier molecular flexibility index (Phi) is 4.32. The van der Waals surface area contributed by atoms with E-state index in [9.17, 15) is 0 Å². The van der Waals surface area contributed by atoms with Crippen LogP contribution >= 0.6 is 0 Å². The summed E-state index contributed by atoms with van der Waals surface area (Å²) in [5.74, 6) is 0. The second-order valence-corrected chi connectivity index (χ2v) is 4.92. The summed E-state index contributed by atoms with van der Waals surface area (Å²) in [7, 11) is 2.14. The molecule has 1 aliphatic heterocycles. The van der Waals surface area contributed by atoms with Crippen molar-refractivity contribution in [2.75, 3.05) is 33.2 Å². The fourth-order valence-electron chi connectivity index (χ4n) is 2.46. The minimum atomic E-state index is -0.403. The van der Waals surface area contributed by atoms with Crippen molar-refractivity contribution in [3.63, 3.8) is 0 Å². The summed E-state index contributed by atoms with van der Waals surface area (Å²) in [5, 5.41) is 8.86. The summed E-state index contributed by atoms with van der Waals surface area (Å²) < 4.78 is 0. The van der Waals surface area contributed by atoms with Gasteiger partial charge in [-0.05, 0) is 12.6 Å². The summed E-state index contributed by atoms with van der Waals surface area (Å²) >= 11 is 0. The summed E-state index contributed by atoms with van der Waals surface area (Å²) in [6.07, 6.45) is 0. The zero-order chi connectivity index (χ0) is 13.0. The molecule has 0 aliphatic carbocycles. The van der Waals surface area contributed by atoms with Gasteiger partial charge in [0.05, 0.1) is 6.07 Å². The van der Waals surface area contributed by atoms with Crippen molar-refractivity contribution in [1.82, 2.24) is 9.80 Å². The molecule has 0 saturated carbocycles. The van der Waals surface area contributed by atoms with E-state index in [0.29, 0.717) is 12.6 Å². The van der Waals surface area contributed by atoms with Crippen LogP contribution in [-0.2, 0) is 0 Å². The lowest BCUT2D eigenvalue weighted by atomic mass is 10.0. The molecule has 2 unspecified atom stereocenters. The lowest BCUT2D eigenvalue weighted by Crippen LogP contribution is -2.50. The van der Waals surface area contributed by atoms with Crippen LogP contribution in [0.15, 0.2) is 30.3 Å². The molecular weight excluding hydrogens is 224 g/mol.